The highest BCUT2D eigenvalue weighted by atomic mass is 127. The van der Waals surface area contributed by atoms with E-state index < -0.39 is 0 Å². The van der Waals surface area contributed by atoms with Crippen molar-refractivity contribution >= 4 is 51.8 Å². The van der Waals surface area contributed by atoms with Crippen molar-refractivity contribution in [3.05, 3.63) is 64.1 Å². The van der Waals surface area contributed by atoms with Crippen LogP contribution >= 0.6 is 39.9 Å². The van der Waals surface area contributed by atoms with Gasteiger partial charge in [-0.2, -0.15) is 0 Å². The third kappa shape index (κ3) is 6.37. The van der Waals surface area contributed by atoms with Crippen LogP contribution in [0, 0.1) is 0 Å². The van der Waals surface area contributed by atoms with Crippen LogP contribution in [-0.4, -0.2) is 44.7 Å². The van der Waals surface area contributed by atoms with Crippen molar-refractivity contribution in [1.29, 1.82) is 0 Å². The van der Waals surface area contributed by atoms with Crippen LogP contribution in [0.2, 0.25) is 0 Å². The molecule has 8 heteroatoms. The predicted octanol–water partition coefficient (Wildman–Crippen LogP) is 2.97. The number of carbonyl (C=O) groups is 1. The predicted molar refractivity (Wildman–Crippen MR) is 126 cm³/mol. The first kappa shape index (κ1) is 22.5. The smallest absolute Gasteiger partial charge is 0.251 e. The number of benzene rings is 2. The summed E-state index contributed by atoms with van der Waals surface area (Å²) in [6, 6.07) is 15.4. The van der Waals surface area contributed by atoms with E-state index in [1.165, 1.54) is 5.56 Å². The van der Waals surface area contributed by atoms with E-state index in [9.17, 15) is 4.79 Å². The van der Waals surface area contributed by atoms with E-state index in [1.54, 1.807) is 19.2 Å². The van der Waals surface area contributed by atoms with Crippen LogP contribution in [0.5, 0.6) is 5.75 Å². The lowest BCUT2D eigenvalue weighted by Crippen LogP contribution is -2.44. The topological polar surface area (TPSA) is 74.8 Å². The van der Waals surface area contributed by atoms with Crippen molar-refractivity contribution in [3.63, 3.8) is 0 Å². The molecule has 0 spiro atoms. The Morgan fingerprint density at radius 3 is 2.54 bits per heavy atom. The Labute approximate surface area is 190 Å². The average molecular weight is 559 g/mol. The number of hydrogen-bond donors (Lipinski definition) is 3. The third-order valence-corrected chi connectivity index (χ3v) is 4.77. The van der Waals surface area contributed by atoms with E-state index >= 15 is 0 Å². The molecule has 0 aromatic heterocycles. The van der Waals surface area contributed by atoms with Crippen LogP contribution in [0.15, 0.2) is 58.0 Å². The molecule has 28 heavy (non-hydrogen) atoms. The van der Waals surface area contributed by atoms with Gasteiger partial charge in [-0.1, -0.05) is 34.1 Å². The molecule has 1 amide bonds. The van der Waals surface area contributed by atoms with Crippen LogP contribution in [-0.2, 0) is 6.42 Å². The Hall–Kier alpha value is -1.81. The molecule has 0 radical (unpaired) electrons. The van der Waals surface area contributed by atoms with Crippen LogP contribution < -0.4 is 20.7 Å². The van der Waals surface area contributed by atoms with Gasteiger partial charge in [0.25, 0.3) is 5.91 Å². The molecule has 0 fully saturated rings. The second kappa shape index (κ2) is 11.3. The Balaban J connectivity index is 0.00000280. The summed E-state index contributed by atoms with van der Waals surface area (Å²) in [5.41, 5.74) is 1.88. The van der Waals surface area contributed by atoms with E-state index in [2.05, 4.69) is 42.9 Å². The van der Waals surface area contributed by atoms with Crippen LogP contribution in [0.4, 0.5) is 0 Å². The summed E-state index contributed by atoms with van der Waals surface area (Å²) in [6.45, 7) is 1.74. The molecule has 2 aromatic carbocycles. The second-order valence-electron chi connectivity index (χ2n) is 6.19. The summed E-state index contributed by atoms with van der Waals surface area (Å²) in [5, 5.41) is 9.34. The maximum atomic E-state index is 12.1. The van der Waals surface area contributed by atoms with Crippen molar-refractivity contribution in [2.24, 2.45) is 4.99 Å². The largest absolute Gasteiger partial charge is 0.488 e. The molecule has 1 aliphatic rings. The fraction of sp³-hybridized carbons (Fsp3) is 0.300. The normalized spacial score (nSPS) is 15.1. The zero-order chi connectivity index (χ0) is 19.1. The van der Waals surface area contributed by atoms with Crippen LogP contribution in [0.3, 0.4) is 0 Å². The molecular weight excluding hydrogens is 535 g/mol. The van der Waals surface area contributed by atoms with Gasteiger partial charge in [-0.3, -0.25) is 9.79 Å². The lowest BCUT2D eigenvalue weighted by atomic mass is 10.1. The van der Waals surface area contributed by atoms with Gasteiger partial charge in [0.05, 0.1) is 6.54 Å². The van der Waals surface area contributed by atoms with Gasteiger partial charge in [0.15, 0.2) is 5.96 Å². The van der Waals surface area contributed by atoms with Crippen molar-refractivity contribution in [2.75, 3.05) is 26.7 Å². The molecule has 3 N–H and O–H groups in total. The molecule has 0 saturated carbocycles. The van der Waals surface area contributed by atoms with Gasteiger partial charge in [-0.05, 0) is 35.9 Å². The Kier molecular flexibility index (Phi) is 9.04. The van der Waals surface area contributed by atoms with E-state index in [-0.39, 0.29) is 36.0 Å². The lowest BCUT2D eigenvalue weighted by Gasteiger charge is -2.15. The number of nitrogens with one attached hydrogen (secondary N) is 3. The van der Waals surface area contributed by atoms with Gasteiger partial charge < -0.3 is 20.7 Å². The van der Waals surface area contributed by atoms with Gasteiger partial charge >= 0.3 is 0 Å². The molecule has 1 unspecified atom stereocenters. The van der Waals surface area contributed by atoms with Gasteiger partial charge in [0.1, 0.15) is 11.9 Å². The number of hydrogen-bond acceptors (Lipinski definition) is 3. The van der Waals surface area contributed by atoms with E-state index in [1.807, 2.05) is 30.3 Å². The number of fused-ring (bicyclic) bond motifs is 1. The molecule has 6 nitrogen and oxygen atoms in total. The number of para-hydroxylation sites is 1. The van der Waals surface area contributed by atoms with E-state index in [4.69, 9.17) is 4.74 Å². The molecule has 1 atom stereocenters. The maximum Gasteiger partial charge on any atom is 0.251 e. The summed E-state index contributed by atoms with van der Waals surface area (Å²) in [4.78, 5) is 16.3. The minimum atomic E-state index is -0.0932. The molecule has 1 heterocycles. The Bertz CT molecular complexity index is 789. The van der Waals surface area contributed by atoms with Crippen molar-refractivity contribution in [2.45, 2.75) is 12.5 Å². The number of ether oxygens (including phenoxy) is 1. The number of amides is 1. The van der Waals surface area contributed by atoms with Gasteiger partial charge in [0, 0.05) is 36.6 Å². The fourth-order valence-corrected chi connectivity index (χ4v) is 3.12. The highest BCUT2D eigenvalue weighted by Crippen LogP contribution is 2.27. The molecule has 150 valence electrons. The fourth-order valence-electron chi connectivity index (χ4n) is 2.86. The van der Waals surface area contributed by atoms with E-state index in [0.29, 0.717) is 31.2 Å². The van der Waals surface area contributed by atoms with Gasteiger partial charge in [-0.25, -0.2) is 0 Å². The molecule has 0 aliphatic carbocycles. The first-order valence-corrected chi connectivity index (χ1v) is 9.68. The van der Waals surface area contributed by atoms with Crippen molar-refractivity contribution < 1.29 is 9.53 Å². The highest BCUT2D eigenvalue weighted by Gasteiger charge is 2.22. The minimum absolute atomic E-state index is 0. The molecule has 1 aliphatic heterocycles. The van der Waals surface area contributed by atoms with Crippen LogP contribution in [0.1, 0.15) is 15.9 Å². The summed E-state index contributed by atoms with van der Waals surface area (Å²) in [5.74, 6) is 1.56. The number of halogens is 2. The summed E-state index contributed by atoms with van der Waals surface area (Å²) >= 11 is 3.36. The number of nitrogens with zero attached hydrogens (tertiary/aromatic N) is 1. The molecule has 2 aromatic rings. The molecule has 3 rings (SSSR count). The minimum Gasteiger partial charge on any atom is -0.488 e. The quantitative estimate of drug-likeness (QED) is 0.221. The third-order valence-electron chi connectivity index (χ3n) is 4.24. The van der Waals surface area contributed by atoms with Crippen LogP contribution in [0.25, 0.3) is 0 Å². The van der Waals surface area contributed by atoms with Gasteiger partial charge in [-0.15, -0.1) is 24.0 Å². The Morgan fingerprint density at radius 1 is 1.11 bits per heavy atom. The highest BCUT2D eigenvalue weighted by molar-refractivity contribution is 14.0. The molecule has 0 bridgehead atoms. The average Bonchev–Trinajstić information content (AvgIpc) is 3.10. The number of guanidine groups is 1. The zero-order valence-corrected chi connectivity index (χ0v) is 19.5. The molecular formula is C20H24BrIN4O2. The first-order chi connectivity index (χ1) is 13.2. The number of carbonyl (C=O) groups excluding carboxylic acids is 1. The monoisotopic (exact) mass is 558 g/mol. The molecule has 0 saturated heterocycles. The lowest BCUT2D eigenvalue weighted by molar-refractivity contribution is 0.0954. The second-order valence-corrected chi connectivity index (χ2v) is 7.11. The number of rotatable bonds is 6. The Morgan fingerprint density at radius 2 is 1.82 bits per heavy atom. The standard InChI is InChI=1S/C20H23BrN4O2.HI/c1-22-20(25-13-17-12-15-4-2-3-5-18(15)27-17)24-11-10-23-19(26)14-6-8-16(21)9-7-14;/h2-9,17H,10-13H2,1H3,(H,23,26)(H2,22,24,25);1H. The zero-order valence-electron chi connectivity index (χ0n) is 15.6. The van der Waals surface area contributed by atoms with Crippen molar-refractivity contribution in [3.8, 4) is 5.75 Å². The number of aliphatic imine (C=N–C) groups is 1. The first-order valence-electron chi connectivity index (χ1n) is 8.88. The van der Waals surface area contributed by atoms with Crippen molar-refractivity contribution in [1.82, 2.24) is 16.0 Å². The van der Waals surface area contributed by atoms with Gasteiger partial charge in [0.2, 0.25) is 0 Å². The SMILES string of the molecule is CN=C(NCCNC(=O)c1ccc(Br)cc1)NCC1Cc2ccccc2O1.I. The maximum absolute atomic E-state index is 12.1. The summed E-state index contributed by atoms with van der Waals surface area (Å²) < 4.78 is 6.86. The van der Waals surface area contributed by atoms with E-state index in [0.717, 1.165) is 16.6 Å². The summed E-state index contributed by atoms with van der Waals surface area (Å²) in [7, 11) is 1.72. The summed E-state index contributed by atoms with van der Waals surface area (Å²) in [6.07, 6.45) is 0.988.